The summed E-state index contributed by atoms with van der Waals surface area (Å²) in [7, 11) is 1.81. The summed E-state index contributed by atoms with van der Waals surface area (Å²) in [5, 5.41) is 15.2. The Morgan fingerprint density at radius 3 is 2.50 bits per heavy atom. The van der Waals surface area contributed by atoms with Crippen LogP contribution >= 0.6 is 46.0 Å². The van der Waals surface area contributed by atoms with Crippen LogP contribution in [0.5, 0.6) is 0 Å². The minimum atomic E-state index is -0.392. The summed E-state index contributed by atoms with van der Waals surface area (Å²) in [5.74, 6) is 0.365. The zero-order valence-electron chi connectivity index (χ0n) is 18.1. The maximum atomic E-state index is 12.5. The van der Waals surface area contributed by atoms with Gasteiger partial charge in [-0.05, 0) is 78.8 Å². The van der Waals surface area contributed by atoms with Crippen LogP contribution in [-0.2, 0) is 11.8 Å². The molecule has 0 spiro atoms. The van der Waals surface area contributed by atoms with Crippen molar-refractivity contribution < 1.29 is 9.59 Å². The van der Waals surface area contributed by atoms with E-state index >= 15 is 0 Å². The Morgan fingerprint density at radius 2 is 1.84 bits per heavy atom. The number of nitrogens with zero attached hydrogens (tertiary/aromatic N) is 3. The monoisotopic (exact) mass is 583 g/mol. The van der Waals surface area contributed by atoms with E-state index in [2.05, 4.69) is 43.4 Å². The van der Waals surface area contributed by atoms with Gasteiger partial charge in [0.05, 0.1) is 22.4 Å². The molecule has 0 aliphatic carbocycles. The molecule has 0 aliphatic rings. The second-order valence-corrected chi connectivity index (χ2v) is 9.92. The topological polar surface area (TPSA) is 88.9 Å². The number of anilines is 1. The van der Waals surface area contributed by atoms with Crippen LogP contribution in [0.3, 0.4) is 0 Å². The van der Waals surface area contributed by atoms with Gasteiger partial charge in [0.2, 0.25) is 5.91 Å². The highest BCUT2D eigenvalue weighted by Crippen LogP contribution is 2.25. The van der Waals surface area contributed by atoms with Gasteiger partial charge in [-0.2, -0.15) is 0 Å². The van der Waals surface area contributed by atoms with Crippen LogP contribution in [0.15, 0.2) is 41.6 Å². The van der Waals surface area contributed by atoms with Crippen LogP contribution in [-0.4, -0.2) is 32.3 Å². The Morgan fingerprint density at radius 1 is 1.19 bits per heavy atom. The summed E-state index contributed by atoms with van der Waals surface area (Å²) < 4.78 is 2.91. The van der Waals surface area contributed by atoms with Crippen molar-refractivity contribution in [3.8, 4) is 0 Å². The number of hydrogen-bond acceptors (Lipinski definition) is 5. The summed E-state index contributed by atoms with van der Waals surface area (Å²) in [4.78, 5) is 25.0. The zero-order valence-corrected chi connectivity index (χ0v) is 21.8. The number of halogens is 2. The van der Waals surface area contributed by atoms with Gasteiger partial charge in [0.1, 0.15) is 0 Å². The van der Waals surface area contributed by atoms with Crippen LogP contribution in [0.25, 0.3) is 0 Å². The Kier molecular flexibility index (Phi) is 8.18. The average Bonchev–Trinajstić information content (AvgIpc) is 3.09. The Labute approximate surface area is 209 Å². The molecule has 0 aliphatic heterocycles. The van der Waals surface area contributed by atoms with Crippen molar-refractivity contribution in [1.82, 2.24) is 20.1 Å². The predicted octanol–water partition coefficient (Wildman–Crippen LogP) is 4.91. The molecule has 1 heterocycles. The van der Waals surface area contributed by atoms with E-state index in [1.54, 1.807) is 35.9 Å². The molecule has 0 saturated heterocycles. The summed E-state index contributed by atoms with van der Waals surface area (Å²) >= 11 is 9.65. The molecule has 168 valence electrons. The highest BCUT2D eigenvalue weighted by Gasteiger charge is 2.20. The van der Waals surface area contributed by atoms with Gasteiger partial charge >= 0.3 is 0 Å². The molecule has 0 unspecified atom stereocenters. The highest BCUT2D eigenvalue weighted by molar-refractivity contribution is 14.1. The van der Waals surface area contributed by atoms with Crippen LogP contribution in [0.4, 0.5) is 5.69 Å². The molecule has 2 aromatic carbocycles. The van der Waals surface area contributed by atoms with Crippen molar-refractivity contribution in [1.29, 1.82) is 0 Å². The third-order valence-corrected chi connectivity index (χ3v) is 6.79. The minimum Gasteiger partial charge on any atom is -0.342 e. The van der Waals surface area contributed by atoms with Gasteiger partial charge in [-0.1, -0.05) is 35.5 Å². The first-order chi connectivity index (χ1) is 15.2. The van der Waals surface area contributed by atoms with Crippen LogP contribution in [0.2, 0.25) is 5.02 Å². The fraction of sp³-hybridized carbons (Fsp3) is 0.273. The minimum absolute atomic E-state index is 0.118. The zero-order chi connectivity index (χ0) is 23.4. The smallest absolute Gasteiger partial charge is 0.253 e. The lowest BCUT2D eigenvalue weighted by atomic mass is 10.1. The number of nitrogens with one attached hydrogen (secondary N) is 2. The lowest BCUT2D eigenvalue weighted by Gasteiger charge is -2.14. The molecule has 32 heavy (non-hydrogen) atoms. The van der Waals surface area contributed by atoms with Gasteiger partial charge in [-0.3, -0.25) is 9.59 Å². The van der Waals surface area contributed by atoms with E-state index in [4.69, 9.17) is 11.6 Å². The normalized spacial score (nSPS) is 11.8. The summed E-state index contributed by atoms with van der Waals surface area (Å²) in [6.45, 7) is 5.78. The van der Waals surface area contributed by atoms with Gasteiger partial charge in [0.15, 0.2) is 11.0 Å². The molecule has 0 saturated carbocycles. The van der Waals surface area contributed by atoms with Crippen molar-refractivity contribution in [2.75, 3.05) is 11.1 Å². The van der Waals surface area contributed by atoms with Crippen LogP contribution in [0, 0.1) is 17.4 Å². The van der Waals surface area contributed by atoms with Gasteiger partial charge in [-0.25, -0.2) is 0 Å². The van der Waals surface area contributed by atoms with Crippen molar-refractivity contribution in [2.45, 2.75) is 32.0 Å². The number of thioether (sulfide) groups is 1. The second-order valence-electron chi connectivity index (χ2n) is 7.33. The van der Waals surface area contributed by atoms with Gasteiger partial charge in [0, 0.05) is 16.3 Å². The number of aryl methyl sites for hydroxylation is 2. The van der Waals surface area contributed by atoms with Crippen molar-refractivity contribution >= 4 is 63.5 Å². The molecule has 2 N–H and O–H groups in total. The van der Waals surface area contributed by atoms with E-state index in [0.29, 0.717) is 21.6 Å². The SMILES string of the molecule is Cc1cc(I)cc(C)c1NC(=O)CSc1nnc([C@H](C)NC(=O)c2ccccc2Cl)n1C. The molecule has 3 aromatic rings. The van der Waals surface area contributed by atoms with Crippen LogP contribution in [0.1, 0.15) is 40.3 Å². The number of hydrogen-bond donors (Lipinski definition) is 2. The number of rotatable bonds is 7. The van der Waals surface area contributed by atoms with E-state index in [9.17, 15) is 9.59 Å². The van der Waals surface area contributed by atoms with E-state index in [1.807, 2.05) is 32.9 Å². The summed E-state index contributed by atoms with van der Waals surface area (Å²) in [6.07, 6.45) is 0. The third kappa shape index (κ3) is 5.81. The lowest BCUT2D eigenvalue weighted by molar-refractivity contribution is -0.113. The fourth-order valence-electron chi connectivity index (χ4n) is 3.23. The molecule has 0 fully saturated rings. The average molecular weight is 584 g/mol. The quantitative estimate of drug-likeness (QED) is 0.305. The molecule has 10 heteroatoms. The molecule has 0 radical (unpaired) electrons. The summed E-state index contributed by atoms with van der Waals surface area (Å²) in [6, 6.07) is 10.5. The second kappa shape index (κ2) is 10.7. The lowest BCUT2D eigenvalue weighted by Crippen LogP contribution is -2.28. The fourth-order valence-corrected chi connectivity index (χ4v) is 5.10. The van der Waals surface area contributed by atoms with E-state index in [-0.39, 0.29) is 17.6 Å². The molecule has 7 nitrogen and oxygen atoms in total. The first-order valence-corrected chi connectivity index (χ1v) is 12.3. The molecule has 2 amide bonds. The predicted molar refractivity (Wildman–Crippen MR) is 136 cm³/mol. The Hall–Kier alpha value is -2.11. The van der Waals surface area contributed by atoms with E-state index in [1.165, 1.54) is 11.8 Å². The molecular weight excluding hydrogens is 561 g/mol. The van der Waals surface area contributed by atoms with Gasteiger partial charge in [-0.15, -0.1) is 10.2 Å². The first kappa shape index (κ1) is 24.5. The standard InChI is InChI=1S/C22H23ClIN5O2S/c1-12-9-15(24)10-13(2)19(12)26-18(30)11-32-22-28-27-20(29(22)4)14(3)25-21(31)16-7-5-6-8-17(16)23/h5-10,14H,11H2,1-4H3,(H,25,31)(H,26,30)/t14-/m0/s1. The highest BCUT2D eigenvalue weighted by atomic mass is 127. The molecule has 3 rings (SSSR count). The number of benzene rings is 2. The Balaban J connectivity index is 1.61. The van der Waals surface area contributed by atoms with Crippen LogP contribution < -0.4 is 10.6 Å². The molecular formula is C22H23ClIN5O2S. The van der Waals surface area contributed by atoms with Crippen molar-refractivity contribution in [3.05, 3.63) is 67.5 Å². The molecule has 0 bridgehead atoms. The van der Waals surface area contributed by atoms with E-state index < -0.39 is 6.04 Å². The number of carbonyl (C=O) groups is 2. The number of aromatic nitrogens is 3. The maximum Gasteiger partial charge on any atom is 0.253 e. The first-order valence-electron chi connectivity index (χ1n) is 9.81. The van der Waals surface area contributed by atoms with Crippen molar-refractivity contribution in [3.63, 3.8) is 0 Å². The third-order valence-electron chi connectivity index (χ3n) is 4.82. The van der Waals surface area contributed by atoms with E-state index in [0.717, 1.165) is 20.4 Å². The van der Waals surface area contributed by atoms with Crippen molar-refractivity contribution in [2.24, 2.45) is 7.05 Å². The molecule has 1 atom stereocenters. The number of amides is 2. The molecule has 1 aromatic heterocycles. The largest absolute Gasteiger partial charge is 0.342 e. The Bertz CT molecular complexity index is 1140. The number of carbonyl (C=O) groups excluding carboxylic acids is 2. The van der Waals surface area contributed by atoms with Gasteiger partial charge < -0.3 is 15.2 Å². The maximum absolute atomic E-state index is 12.5. The summed E-state index contributed by atoms with van der Waals surface area (Å²) in [5.41, 5.74) is 3.29. The van der Waals surface area contributed by atoms with Gasteiger partial charge in [0.25, 0.3) is 5.91 Å².